The van der Waals surface area contributed by atoms with Crippen molar-refractivity contribution in [1.29, 1.82) is 0 Å². The van der Waals surface area contributed by atoms with Crippen molar-refractivity contribution in [2.24, 2.45) is 11.3 Å². The predicted octanol–water partition coefficient (Wildman–Crippen LogP) is 2.86. The van der Waals surface area contributed by atoms with E-state index in [9.17, 15) is 9.59 Å². The number of nitrogens with one attached hydrogen (secondary N) is 1. The summed E-state index contributed by atoms with van der Waals surface area (Å²) in [7, 11) is 0. The Balaban J connectivity index is 1.61. The van der Waals surface area contributed by atoms with Crippen molar-refractivity contribution in [3.05, 3.63) is 0 Å². The number of nitrogens with zero attached hydrogens (tertiary/aromatic N) is 1. The monoisotopic (exact) mass is 306 g/mol. The molecule has 0 bridgehead atoms. The average molecular weight is 306 g/mol. The number of hydrogen-bond acceptors (Lipinski definition) is 2. The SMILES string of the molecule is CC(=O)N1CCCC(C(=O)NC2CCCCC23CCCC3)C1. The Hall–Kier alpha value is -1.06. The van der Waals surface area contributed by atoms with E-state index >= 15 is 0 Å². The van der Waals surface area contributed by atoms with Gasteiger partial charge < -0.3 is 10.2 Å². The molecule has 2 unspecified atom stereocenters. The number of rotatable bonds is 2. The normalized spacial score (nSPS) is 31.2. The van der Waals surface area contributed by atoms with Crippen molar-refractivity contribution in [3.8, 4) is 0 Å². The third-order valence-electron chi connectivity index (χ3n) is 6.31. The Morgan fingerprint density at radius 1 is 1.00 bits per heavy atom. The van der Waals surface area contributed by atoms with Gasteiger partial charge in [-0.2, -0.15) is 0 Å². The lowest BCUT2D eigenvalue weighted by Crippen LogP contribution is -2.52. The summed E-state index contributed by atoms with van der Waals surface area (Å²) in [4.78, 5) is 26.1. The van der Waals surface area contributed by atoms with Crippen LogP contribution in [0.3, 0.4) is 0 Å². The molecule has 2 saturated carbocycles. The fraction of sp³-hybridized carbons (Fsp3) is 0.889. The Morgan fingerprint density at radius 3 is 2.36 bits per heavy atom. The largest absolute Gasteiger partial charge is 0.353 e. The van der Waals surface area contributed by atoms with Crippen molar-refractivity contribution >= 4 is 11.8 Å². The second-order valence-electron chi connectivity index (χ2n) is 7.68. The number of hydrogen-bond donors (Lipinski definition) is 1. The molecule has 4 nitrogen and oxygen atoms in total. The number of likely N-dealkylation sites (tertiary alicyclic amines) is 1. The van der Waals surface area contributed by atoms with E-state index in [-0.39, 0.29) is 17.7 Å². The fourth-order valence-electron chi connectivity index (χ4n) is 4.98. The molecular weight excluding hydrogens is 276 g/mol. The zero-order valence-electron chi connectivity index (χ0n) is 13.9. The molecule has 1 heterocycles. The van der Waals surface area contributed by atoms with Crippen LogP contribution in [0.25, 0.3) is 0 Å². The molecule has 1 N–H and O–H groups in total. The van der Waals surface area contributed by atoms with E-state index in [0.29, 0.717) is 18.0 Å². The van der Waals surface area contributed by atoms with Crippen molar-refractivity contribution < 1.29 is 9.59 Å². The third-order valence-corrected chi connectivity index (χ3v) is 6.31. The minimum atomic E-state index is -0.00182. The molecule has 1 spiro atoms. The molecular formula is C18H30N2O2. The summed E-state index contributed by atoms with van der Waals surface area (Å²) >= 11 is 0. The first-order valence-corrected chi connectivity index (χ1v) is 9.17. The first-order chi connectivity index (χ1) is 10.6. The first kappa shape index (κ1) is 15.8. The van der Waals surface area contributed by atoms with Crippen LogP contribution in [0, 0.1) is 11.3 Å². The quantitative estimate of drug-likeness (QED) is 0.853. The number of carbonyl (C=O) groups excluding carboxylic acids is 2. The van der Waals surface area contributed by atoms with E-state index in [0.717, 1.165) is 25.8 Å². The van der Waals surface area contributed by atoms with E-state index in [1.807, 2.05) is 4.90 Å². The minimum Gasteiger partial charge on any atom is -0.353 e. The highest BCUT2D eigenvalue weighted by Crippen LogP contribution is 2.49. The molecule has 124 valence electrons. The molecule has 1 saturated heterocycles. The molecule has 2 aliphatic carbocycles. The lowest BCUT2D eigenvalue weighted by molar-refractivity contribution is -0.134. The summed E-state index contributed by atoms with van der Waals surface area (Å²) in [5, 5.41) is 3.40. The second kappa shape index (κ2) is 6.59. The zero-order chi connectivity index (χ0) is 15.6. The third kappa shape index (κ3) is 3.16. The highest BCUT2D eigenvalue weighted by atomic mass is 16.2. The van der Waals surface area contributed by atoms with Gasteiger partial charge in [0.1, 0.15) is 0 Å². The summed E-state index contributed by atoms with van der Waals surface area (Å²) in [6.07, 6.45) is 12.1. The minimum absolute atomic E-state index is 0.00182. The van der Waals surface area contributed by atoms with Gasteiger partial charge in [0, 0.05) is 26.1 Å². The van der Waals surface area contributed by atoms with Gasteiger partial charge in [-0.05, 0) is 43.9 Å². The molecule has 2 amide bonds. The highest BCUT2D eigenvalue weighted by Gasteiger charge is 2.43. The van der Waals surface area contributed by atoms with Gasteiger partial charge in [0.2, 0.25) is 11.8 Å². The highest BCUT2D eigenvalue weighted by molar-refractivity contribution is 5.81. The van der Waals surface area contributed by atoms with Gasteiger partial charge in [0.15, 0.2) is 0 Å². The average Bonchev–Trinajstić information content (AvgIpc) is 2.99. The van der Waals surface area contributed by atoms with Crippen LogP contribution in [0.4, 0.5) is 0 Å². The van der Waals surface area contributed by atoms with Crippen molar-refractivity contribution in [3.63, 3.8) is 0 Å². The first-order valence-electron chi connectivity index (χ1n) is 9.17. The number of carbonyl (C=O) groups is 2. The maximum atomic E-state index is 12.7. The van der Waals surface area contributed by atoms with Crippen LogP contribution in [0.1, 0.15) is 71.1 Å². The van der Waals surface area contributed by atoms with E-state index in [2.05, 4.69) is 5.32 Å². The van der Waals surface area contributed by atoms with Crippen LogP contribution in [-0.2, 0) is 9.59 Å². The molecule has 3 aliphatic rings. The summed E-state index contributed by atoms with van der Waals surface area (Å²) in [6, 6.07) is 0.379. The second-order valence-corrected chi connectivity index (χ2v) is 7.68. The summed E-state index contributed by atoms with van der Waals surface area (Å²) in [6.45, 7) is 3.03. The molecule has 4 heteroatoms. The maximum absolute atomic E-state index is 12.7. The zero-order valence-corrected chi connectivity index (χ0v) is 13.9. The number of piperidine rings is 1. The van der Waals surface area contributed by atoms with Crippen LogP contribution < -0.4 is 5.32 Å². The Kier molecular flexibility index (Phi) is 4.74. The summed E-state index contributed by atoms with van der Waals surface area (Å²) in [5.41, 5.74) is 0.392. The van der Waals surface area contributed by atoms with Gasteiger partial charge in [-0.15, -0.1) is 0 Å². The predicted molar refractivity (Wildman–Crippen MR) is 86.3 cm³/mol. The van der Waals surface area contributed by atoms with Crippen molar-refractivity contribution in [1.82, 2.24) is 10.2 Å². The number of amides is 2. The standard InChI is InChI=1S/C18H30N2O2/c1-14(21)20-12-6-7-15(13-20)17(22)19-16-8-2-3-9-18(16)10-4-5-11-18/h15-16H,2-13H2,1H3,(H,19,22). The van der Waals surface area contributed by atoms with Gasteiger partial charge in [-0.1, -0.05) is 25.7 Å². The van der Waals surface area contributed by atoms with Crippen molar-refractivity contribution in [2.75, 3.05) is 13.1 Å². The Labute approximate surface area is 134 Å². The van der Waals surface area contributed by atoms with E-state index < -0.39 is 0 Å². The van der Waals surface area contributed by atoms with Gasteiger partial charge >= 0.3 is 0 Å². The lowest BCUT2D eigenvalue weighted by atomic mass is 9.69. The van der Waals surface area contributed by atoms with E-state index in [4.69, 9.17) is 0 Å². The van der Waals surface area contributed by atoms with Gasteiger partial charge in [0.05, 0.1) is 5.92 Å². The summed E-state index contributed by atoms with van der Waals surface area (Å²) < 4.78 is 0. The van der Waals surface area contributed by atoms with Gasteiger partial charge in [0.25, 0.3) is 0 Å². The Bertz CT molecular complexity index is 429. The molecule has 0 radical (unpaired) electrons. The molecule has 0 aromatic rings. The molecule has 22 heavy (non-hydrogen) atoms. The molecule has 0 aromatic heterocycles. The molecule has 2 atom stereocenters. The van der Waals surface area contributed by atoms with Crippen LogP contribution in [0.15, 0.2) is 0 Å². The molecule has 3 rings (SSSR count). The van der Waals surface area contributed by atoms with Crippen LogP contribution in [0.2, 0.25) is 0 Å². The van der Waals surface area contributed by atoms with Crippen LogP contribution in [-0.4, -0.2) is 35.8 Å². The maximum Gasteiger partial charge on any atom is 0.225 e. The lowest BCUT2D eigenvalue weighted by Gasteiger charge is -2.43. The molecule has 3 fully saturated rings. The summed E-state index contributed by atoms with van der Waals surface area (Å²) in [5.74, 6) is 0.296. The van der Waals surface area contributed by atoms with Gasteiger partial charge in [-0.3, -0.25) is 9.59 Å². The fourth-order valence-corrected chi connectivity index (χ4v) is 4.98. The van der Waals surface area contributed by atoms with Gasteiger partial charge in [-0.25, -0.2) is 0 Å². The molecule has 0 aromatic carbocycles. The van der Waals surface area contributed by atoms with Crippen LogP contribution >= 0.6 is 0 Å². The van der Waals surface area contributed by atoms with E-state index in [1.165, 1.54) is 44.9 Å². The Morgan fingerprint density at radius 2 is 1.68 bits per heavy atom. The van der Waals surface area contributed by atoms with Crippen molar-refractivity contribution in [2.45, 2.75) is 77.2 Å². The van der Waals surface area contributed by atoms with Crippen LogP contribution in [0.5, 0.6) is 0 Å². The van der Waals surface area contributed by atoms with E-state index in [1.54, 1.807) is 6.92 Å². The smallest absolute Gasteiger partial charge is 0.225 e. The molecule has 1 aliphatic heterocycles. The topological polar surface area (TPSA) is 49.4 Å².